The Hall–Kier alpha value is -3.13. The van der Waals surface area contributed by atoms with Gasteiger partial charge in [-0.2, -0.15) is 0 Å². The molecule has 0 atom stereocenters. The van der Waals surface area contributed by atoms with Crippen LogP contribution in [0.5, 0.6) is 5.75 Å². The molecule has 31 heavy (non-hydrogen) atoms. The molecule has 0 radical (unpaired) electrons. The van der Waals surface area contributed by atoms with E-state index in [0.717, 1.165) is 26.1 Å². The fourth-order valence-corrected chi connectivity index (χ4v) is 3.78. The summed E-state index contributed by atoms with van der Waals surface area (Å²) in [5, 5.41) is 2.83. The van der Waals surface area contributed by atoms with Gasteiger partial charge in [0.2, 0.25) is 0 Å². The second-order valence-corrected chi connectivity index (χ2v) is 7.85. The van der Waals surface area contributed by atoms with E-state index < -0.39 is 0 Å². The van der Waals surface area contributed by atoms with Gasteiger partial charge in [0.05, 0.1) is 18.5 Å². The van der Waals surface area contributed by atoms with Gasteiger partial charge in [-0.15, -0.1) is 0 Å². The maximum atomic E-state index is 13.0. The molecule has 2 saturated heterocycles. The smallest absolute Gasteiger partial charge is 0.322 e. The third kappa shape index (κ3) is 5.73. The summed E-state index contributed by atoms with van der Waals surface area (Å²) in [5.74, 6) is 1.18. The van der Waals surface area contributed by atoms with Crippen molar-refractivity contribution < 1.29 is 19.1 Å². The number of aromatic nitrogens is 1. The Bertz CT molecular complexity index is 878. The Kier molecular flexibility index (Phi) is 6.99. The number of amides is 3. The number of ether oxygens (including phenoxy) is 2. The van der Waals surface area contributed by atoms with Crippen LogP contribution < -0.4 is 10.1 Å². The van der Waals surface area contributed by atoms with Gasteiger partial charge in [-0.1, -0.05) is 6.07 Å². The summed E-state index contributed by atoms with van der Waals surface area (Å²) in [6.45, 7) is 4.18. The van der Waals surface area contributed by atoms with Gasteiger partial charge in [-0.05, 0) is 49.1 Å². The fourth-order valence-electron chi connectivity index (χ4n) is 3.78. The quantitative estimate of drug-likeness (QED) is 0.798. The number of hydrogen-bond acceptors (Lipinski definition) is 5. The molecule has 2 fully saturated rings. The Labute approximate surface area is 182 Å². The predicted molar refractivity (Wildman–Crippen MR) is 116 cm³/mol. The zero-order valence-electron chi connectivity index (χ0n) is 17.5. The van der Waals surface area contributed by atoms with Gasteiger partial charge in [-0.3, -0.25) is 9.78 Å². The van der Waals surface area contributed by atoms with Crippen molar-refractivity contribution in [3.05, 3.63) is 54.4 Å². The number of carbonyl (C=O) groups is 2. The summed E-state index contributed by atoms with van der Waals surface area (Å²) < 4.78 is 11.3. The predicted octanol–water partition coefficient (Wildman–Crippen LogP) is 2.88. The van der Waals surface area contributed by atoms with Crippen LogP contribution in [-0.4, -0.2) is 72.7 Å². The van der Waals surface area contributed by atoms with E-state index in [1.165, 1.54) is 0 Å². The lowest BCUT2D eigenvalue weighted by Gasteiger charge is -2.34. The number of nitrogens with one attached hydrogen (secondary N) is 1. The number of rotatable bonds is 5. The monoisotopic (exact) mass is 424 g/mol. The van der Waals surface area contributed by atoms with Gasteiger partial charge in [0.1, 0.15) is 5.75 Å². The number of anilines is 1. The first-order valence-electron chi connectivity index (χ1n) is 10.7. The molecule has 2 aromatic rings. The van der Waals surface area contributed by atoms with E-state index in [1.807, 2.05) is 24.3 Å². The number of urea groups is 1. The molecule has 8 heteroatoms. The third-order valence-electron chi connectivity index (χ3n) is 5.67. The Morgan fingerprint density at radius 2 is 1.84 bits per heavy atom. The van der Waals surface area contributed by atoms with Crippen LogP contribution >= 0.6 is 0 Å². The highest BCUT2D eigenvalue weighted by atomic mass is 16.5. The van der Waals surface area contributed by atoms with Crippen molar-refractivity contribution in [2.45, 2.75) is 12.8 Å². The molecular formula is C23H28N4O4. The molecule has 8 nitrogen and oxygen atoms in total. The van der Waals surface area contributed by atoms with Crippen LogP contribution in [0.2, 0.25) is 0 Å². The standard InChI is InChI=1S/C23H28N4O4/c28-22(19-3-1-5-21(15-19)31-17-18-6-13-30-14-7-18)26-9-11-27(12-10-26)23(29)25-20-4-2-8-24-16-20/h1-5,8,15-16,18H,6-7,9-14,17H2,(H,25,29). The van der Waals surface area contributed by atoms with E-state index in [0.29, 0.717) is 55.7 Å². The Morgan fingerprint density at radius 3 is 2.58 bits per heavy atom. The molecule has 2 aliphatic rings. The van der Waals surface area contributed by atoms with Crippen LogP contribution in [0.25, 0.3) is 0 Å². The molecule has 1 aromatic heterocycles. The zero-order chi connectivity index (χ0) is 21.5. The van der Waals surface area contributed by atoms with Gasteiger partial charge in [-0.25, -0.2) is 4.79 Å². The van der Waals surface area contributed by atoms with Crippen LogP contribution in [0, 0.1) is 5.92 Å². The number of hydrogen-bond donors (Lipinski definition) is 1. The second kappa shape index (κ2) is 10.3. The third-order valence-corrected chi connectivity index (χ3v) is 5.67. The minimum atomic E-state index is -0.177. The van der Waals surface area contributed by atoms with Crippen molar-refractivity contribution in [3.8, 4) is 5.75 Å². The van der Waals surface area contributed by atoms with Crippen LogP contribution in [0.15, 0.2) is 48.8 Å². The topological polar surface area (TPSA) is 84.0 Å². The number of piperazine rings is 1. The summed E-state index contributed by atoms with van der Waals surface area (Å²) in [4.78, 5) is 32.9. The average Bonchev–Trinajstić information content (AvgIpc) is 2.84. The first kappa shape index (κ1) is 21.1. The second-order valence-electron chi connectivity index (χ2n) is 7.85. The van der Waals surface area contributed by atoms with E-state index >= 15 is 0 Å². The van der Waals surface area contributed by atoms with E-state index in [9.17, 15) is 9.59 Å². The van der Waals surface area contributed by atoms with E-state index in [1.54, 1.807) is 34.3 Å². The molecule has 2 aliphatic heterocycles. The minimum absolute atomic E-state index is 0.0381. The molecule has 0 bridgehead atoms. The summed E-state index contributed by atoms with van der Waals surface area (Å²) in [5.41, 5.74) is 1.27. The Balaban J connectivity index is 1.27. The summed E-state index contributed by atoms with van der Waals surface area (Å²) in [7, 11) is 0. The van der Waals surface area contributed by atoms with Crippen LogP contribution in [0.4, 0.5) is 10.5 Å². The molecule has 3 amide bonds. The number of benzene rings is 1. The molecule has 4 rings (SSSR count). The van der Waals surface area contributed by atoms with Gasteiger partial charge < -0.3 is 24.6 Å². The molecule has 1 N–H and O–H groups in total. The molecular weight excluding hydrogens is 396 g/mol. The van der Waals surface area contributed by atoms with Crippen molar-refractivity contribution in [1.29, 1.82) is 0 Å². The summed E-state index contributed by atoms with van der Waals surface area (Å²) in [6.07, 6.45) is 5.29. The van der Waals surface area contributed by atoms with E-state index in [4.69, 9.17) is 9.47 Å². The molecule has 0 aliphatic carbocycles. The molecule has 0 saturated carbocycles. The lowest BCUT2D eigenvalue weighted by atomic mass is 10.0. The largest absolute Gasteiger partial charge is 0.493 e. The van der Waals surface area contributed by atoms with Crippen molar-refractivity contribution in [2.24, 2.45) is 5.92 Å². The molecule has 3 heterocycles. The first-order chi connectivity index (χ1) is 15.2. The number of pyridine rings is 1. The normalized spacial score (nSPS) is 17.3. The highest BCUT2D eigenvalue weighted by Gasteiger charge is 2.25. The lowest BCUT2D eigenvalue weighted by Crippen LogP contribution is -2.51. The van der Waals surface area contributed by atoms with Crippen LogP contribution in [0.3, 0.4) is 0 Å². The van der Waals surface area contributed by atoms with Crippen molar-refractivity contribution in [2.75, 3.05) is 51.3 Å². The van der Waals surface area contributed by atoms with Crippen molar-refractivity contribution >= 4 is 17.6 Å². The van der Waals surface area contributed by atoms with E-state index in [-0.39, 0.29) is 11.9 Å². The molecule has 0 unspecified atom stereocenters. The lowest BCUT2D eigenvalue weighted by molar-refractivity contribution is 0.0497. The molecule has 1 aromatic carbocycles. The SMILES string of the molecule is O=C(Nc1cccnc1)N1CCN(C(=O)c2cccc(OCC3CCOCC3)c2)CC1. The van der Waals surface area contributed by atoms with Crippen molar-refractivity contribution in [1.82, 2.24) is 14.8 Å². The first-order valence-corrected chi connectivity index (χ1v) is 10.7. The van der Waals surface area contributed by atoms with Gasteiger partial charge >= 0.3 is 6.03 Å². The maximum Gasteiger partial charge on any atom is 0.322 e. The zero-order valence-corrected chi connectivity index (χ0v) is 17.5. The summed E-state index contributed by atoms with van der Waals surface area (Å²) in [6, 6.07) is 10.7. The van der Waals surface area contributed by atoms with Gasteiger partial charge in [0, 0.05) is 51.2 Å². The highest BCUT2D eigenvalue weighted by molar-refractivity contribution is 5.95. The van der Waals surface area contributed by atoms with Gasteiger partial charge in [0.25, 0.3) is 5.91 Å². The minimum Gasteiger partial charge on any atom is -0.493 e. The van der Waals surface area contributed by atoms with Crippen LogP contribution in [-0.2, 0) is 4.74 Å². The molecule has 164 valence electrons. The summed E-state index contributed by atoms with van der Waals surface area (Å²) >= 11 is 0. The average molecular weight is 425 g/mol. The Morgan fingerprint density at radius 1 is 1.06 bits per heavy atom. The van der Waals surface area contributed by atoms with Gasteiger partial charge in [0.15, 0.2) is 0 Å². The number of nitrogens with zero attached hydrogens (tertiary/aromatic N) is 3. The highest BCUT2D eigenvalue weighted by Crippen LogP contribution is 2.20. The fraction of sp³-hybridized carbons (Fsp3) is 0.435. The maximum absolute atomic E-state index is 13.0. The number of carbonyl (C=O) groups excluding carboxylic acids is 2. The molecule has 0 spiro atoms. The van der Waals surface area contributed by atoms with E-state index in [2.05, 4.69) is 10.3 Å². The van der Waals surface area contributed by atoms with Crippen LogP contribution in [0.1, 0.15) is 23.2 Å². The van der Waals surface area contributed by atoms with Crippen molar-refractivity contribution in [3.63, 3.8) is 0 Å².